The average Bonchev–Trinajstić information content (AvgIpc) is 2.62. The number of hydrogen-bond acceptors (Lipinski definition) is 2. The Morgan fingerprint density at radius 3 is 2.41 bits per heavy atom. The summed E-state index contributed by atoms with van der Waals surface area (Å²) in [7, 11) is 0. The molecule has 0 unspecified atom stereocenters. The maximum absolute atomic E-state index is 9.27. The lowest BCUT2D eigenvalue weighted by molar-refractivity contribution is 0.282. The number of aliphatic hydroxyl groups is 1. The van der Waals surface area contributed by atoms with Crippen molar-refractivity contribution < 1.29 is 5.11 Å². The molecule has 22 heavy (non-hydrogen) atoms. The van der Waals surface area contributed by atoms with E-state index in [-0.39, 0.29) is 6.61 Å². The summed E-state index contributed by atoms with van der Waals surface area (Å²) in [6.45, 7) is 7.28. The minimum absolute atomic E-state index is 0.0242. The smallest absolute Gasteiger partial charge is 0.188 e. The van der Waals surface area contributed by atoms with Crippen molar-refractivity contribution in [2.75, 3.05) is 0 Å². The Bertz CT molecular complexity index is 836. The first-order valence-corrected chi connectivity index (χ1v) is 6.94. The SMILES string of the molecule is [C-]#[N+]c1cc(-c2ccccc2)cc(-c2cc(CO)ccn2)c1. The molecule has 3 aromatic rings. The number of pyridine rings is 1. The average molecular weight is 286 g/mol. The van der Waals surface area contributed by atoms with Gasteiger partial charge >= 0.3 is 0 Å². The summed E-state index contributed by atoms with van der Waals surface area (Å²) in [5, 5.41) is 9.27. The minimum atomic E-state index is -0.0242. The van der Waals surface area contributed by atoms with Crippen LogP contribution in [0.25, 0.3) is 27.2 Å². The molecule has 0 spiro atoms. The van der Waals surface area contributed by atoms with Gasteiger partial charge in [-0.1, -0.05) is 30.3 Å². The lowest BCUT2D eigenvalue weighted by Gasteiger charge is -2.08. The van der Waals surface area contributed by atoms with Crippen molar-refractivity contribution in [3.63, 3.8) is 0 Å². The number of benzene rings is 2. The fourth-order valence-electron chi connectivity index (χ4n) is 2.35. The molecule has 0 aliphatic carbocycles. The van der Waals surface area contributed by atoms with Gasteiger partial charge < -0.3 is 5.11 Å². The van der Waals surface area contributed by atoms with Crippen LogP contribution in [-0.2, 0) is 6.61 Å². The fraction of sp³-hybridized carbons (Fsp3) is 0.0526. The highest BCUT2D eigenvalue weighted by Gasteiger charge is 2.06. The van der Waals surface area contributed by atoms with Crippen molar-refractivity contribution in [1.29, 1.82) is 0 Å². The Balaban J connectivity index is 2.14. The molecule has 2 aromatic carbocycles. The maximum Gasteiger partial charge on any atom is 0.188 e. The minimum Gasteiger partial charge on any atom is -0.392 e. The van der Waals surface area contributed by atoms with Gasteiger partial charge in [0.25, 0.3) is 0 Å². The molecule has 3 heteroatoms. The van der Waals surface area contributed by atoms with Gasteiger partial charge in [0.1, 0.15) is 0 Å². The van der Waals surface area contributed by atoms with Gasteiger partial charge in [0, 0.05) is 6.20 Å². The number of nitrogens with zero attached hydrogens (tertiary/aromatic N) is 2. The van der Waals surface area contributed by atoms with E-state index < -0.39 is 0 Å². The number of aromatic nitrogens is 1. The lowest BCUT2D eigenvalue weighted by Crippen LogP contribution is -1.89. The van der Waals surface area contributed by atoms with Gasteiger partial charge in [-0.05, 0) is 52.6 Å². The molecule has 0 aliphatic heterocycles. The second-order valence-electron chi connectivity index (χ2n) is 4.95. The maximum atomic E-state index is 9.27. The van der Waals surface area contributed by atoms with E-state index in [4.69, 9.17) is 6.57 Å². The number of rotatable bonds is 3. The highest BCUT2D eigenvalue weighted by atomic mass is 16.3. The molecule has 3 rings (SSSR count). The van der Waals surface area contributed by atoms with Gasteiger partial charge in [0.05, 0.1) is 18.9 Å². The van der Waals surface area contributed by atoms with Crippen molar-refractivity contribution in [2.24, 2.45) is 0 Å². The van der Waals surface area contributed by atoms with E-state index >= 15 is 0 Å². The first-order valence-electron chi connectivity index (χ1n) is 6.94. The van der Waals surface area contributed by atoms with Gasteiger partial charge in [0.15, 0.2) is 5.69 Å². The first kappa shape index (κ1) is 14.0. The van der Waals surface area contributed by atoms with Crippen LogP contribution < -0.4 is 0 Å². The normalized spacial score (nSPS) is 10.2. The van der Waals surface area contributed by atoms with Crippen LogP contribution in [0.2, 0.25) is 0 Å². The van der Waals surface area contributed by atoms with Gasteiger partial charge in [-0.2, -0.15) is 0 Å². The van der Waals surface area contributed by atoms with E-state index in [0.29, 0.717) is 5.69 Å². The van der Waals surface area contributed by atoms with E-state index in [1.807, 2.05) is 54.6 Å². The molecule has 0 saturated heterocycles. The summed E-state index contributed by atoms with van der Waals surface area (Å²) < 4.78 is 0. The fourth-order valence-corrected chi connectivity index (χ4v) is 2.35. The van der Waals surface area contributed by atoms with E-state index in [1.165, 1.54) is 0 Å². The monoisotopic (exact) mass is 286 g/mol. The van der Waals surface area contributed by atoms with E-state index in [0.717, 1.165) is 27.9 Å². The van der Waals surface area contributed by atoms with Crippen LogP contribution in [0.1, 0.15) is 5.56 Å². The predicted octanol–water partition coefficient (Wildman–Crippen LogP) is 4.46. The van der Waals surface area contributed by atoms with Crippen LogP contribution in [-0.4, -0.2) is 10.1 Å². The summed E-state index contributed by atoms with van der Waals surface area (Å²) in [5.74, 6) is 0. The van der Waals surface area contributed by atoms with Crippen molar-refractivity contribution >= 4 is 5.69 Å². The molecular formula is C19H14N2O. The molecule has 0 bridgehead atoms. The second kappa shape index (κ2) is 6.21. The largest absolute Gasteiger partial charge is 0.392 e. The number of hydrogen-bond donors (Lipinski definition) is 1. The first-order chi connectivity index (χ1) is 10.8. The topological polar surface area (TPSA) is 37.5 Å². The molecule has 3 nitrogen and oxygen atoms in total. The van der Waals surface area contributed by atoms with Crippen LogP contribution in [0.4, 0.5) is 5.69 Å². The molecule has 1 N–H and O–H groups in total. The Morgan fingerprint density at radius 2 is 1.68 bits per heavy atom. The molecule has 0 saturated carbocycles. The standard InChI is InChI=1S/C19H14N2O/c1-20-18-11-16(15-5-3-2-4-6-15)10-17(12-18)19-9-14(13-22)7-8-21-19/h2-12,22H,13H2. The molecule has 0 atom stereocenters. The molecular weight excluding hydrogens is 272 g/mol. The zero-order valence-electron chi connectivity index (χ0n) is 11.9. The molecule has 1 aromatic heterocycles. The van der Waals surface area contributed by atoms with Crippen LogP contribution in [0, 0.1) is 6.57 Å². The summed E-state index contributed by atoms with van der Waals surface area (Å²) in [4.78, 5) is 7.91. The predicted molar refractivity (Wildman–Crippen MR) is 87.3 cm³/mol. The third kappa shape index (κ3) is 2.88. The second-order valence-corrected chi connectivity index (χ2v) is 4.95. The van der Waals surface area contributed by atoms with Gasteiger partial charge in [-0.3, -0.25) is 4.98 Å². The van der Waals surface area contributed by atoms with Crippen LogP contribution in [0.15, 0.2) is 66.9 Å². The summed E-state index contributed by atoms with van der Waals surface area (Å²) in [6, 6.07) is 19.3. The Labute approximate surface area is 129 Å². The lowest BCUT2D eigenvalue weighted by atomic mass is 10.00. The zero-order chi connectivity index (χ0) is 15.4. The molecule has 0 aliphatic rings. The zero-order valence-corrected chi connectivity index (χ0v) is 11.9. The van der Waals surface area contributed by atoms with E-state index in [1.54, 1.807) is 12.3 Å². The Morgan fingerprint density at radius 1 is 0.909 bits per heavy atom. The summed E-state index contributed by atoms with van der Waals surface area (Å²) >= 11 is 0. The molecule has 0 radical (unpaired) electrons. The van der Waals surface area contributed by atoms with Crippen LogP contribution >= 0.6 is 0 Å². The van der Waals surface area contributed by atoms with Crippen molar-refractivity contribution in [3.05, 3.63) is 83.8 Å². The molecule has 1 heterocycles. The van der Waals surface area contributed by atoms with Gasteiger partial charge in [-0.25, -0.2) is 4.85 Å². The molecule has 0 fully saturated rings. The molecule has 0 amide bonds. The number of aliphatic hydroxyl groups excluding tert-OH is 1. The summed E-state index contributed by atoms with van der Waals surface area (Å²) in [5.41, 5.74) is 5.07. The van der Waals surface area contributed by atoms with E-state index in [9.17, 15) is 5.11 Å². The van der Waals surface area contributed by atoms with Gasteiger partial charge in [-0.15, -0.1) is 0 Å². The van der Waals surface area contributed by atoms with E-state index in [2.05, 4.69) is 9.83 Å². The van der Waals surface area contributed by atoms with Gasteiger partial charge in [0.2, 0.25) is 0 Å². The molecule has 106 valence electrons. The van der Waals surface area contributed by atoms with Crippen molar-refractivity contribution in [2.45, 2.75) is 6.61 Å². The van der Waals surface area contributed by atoms with Crippen molar-refractivity contribution in [3.8, 4) is 22.4 Å². The highest BCUT2D eigenvalue weighted by molar-refractivity contribution is 5.77. The van der Waals surface area contributed by atoms with Crippen molar-refractivity contribution in [1.82, 2.24) is 4.98 Å². The highest BCUT2D eigenvalue weighted by Crippen LogP contribution is 2.31. The third-order valence-corrected chi connectivity index (χ3v) is 3.46. The summed E-state index contributed by atoms with van der Waals surface area (Å²) in [6.07, 6.45) is 1.67. The third-order valence-electron chi connectivity index (χ3n) is 3.46. The van der Waals surface area contributed by atoms with Crippen LogP contribution in [0.5, 0.6) is 0 Å². The van der Waals surface area contributed by atoms with Crippen LogP contribution in [0.3, 0.4) is 0 Å². The Hall–Kier alpha value is -2.96. The Kier molecular flexibility index (Phi) is 3.95. The quantitative estimate of drug-likeness (QED) is 0.722.